The maximum Gasteiger partial charge on any atom is 0.339 e. The first-order valence-electron chi connectivity index (χ1n) is 7.10. The SMILES string of the molecule is Cc1nn(C2CCOC3(CCSCC3)C2)cc1C(=O)O. The second kappa shape index (κ2) is 5.41. The van der Waals surface area contributed by atoms with E-state index in [0.717, 1.165) is 43.8 Å². The second-order valence-corrected chi connectivity index (χ2v) is 6.93. The Bertz CT molecular complexity index is 503. The van der Waals surface area contributed by atoms with E-state index in [2.05, 4.69) is 5.10 Å². The van der Waals surface area contributed by atoms with Gasteiger partial charge in [0.15, 0.2) is 0 Å². The van der Waals surface area contributed by atoms with Gasteiger partial charge in [-0.1, -0.05) is 0 Å². The van der Waals surface area contributed by atoms with Crippen molar-refractivity contribution in [2.75, 3.05) is 18.1 Å². The van der Waals surface area contributed by atoms with Crippen molar-refractivity contribution in [2.45, 2.75) is 44.2 Å². The molecule has 2 fully saturated rings. The molecule has 2 aliphatic heterocycles. The van der Waals surface area contributed by atoms with Gasteiger partial charge in [0.25, 0.3) is 0 Å². The molecule has 5 nitrogen and oxygen atoms in total. The van der Waals surface area contributed by atoms with Crippen LogP contribution in [0.25, 0.3) is 0 Å². The standard InChI is InChI=1S/C14H20N2O3S/c1-10-12(13(17)18)9-16(15-10)11-2-5-19-14(8-11)3-6-20-7-4-14/h9,11H,2-8H2,1H3,(H,17,18). The Hall–Kier alpha value is -1.01. The molecule has 1 N–H and O–H groups in total. The Morgan fingerprint density at radius 2 is 2.30 bits per heavy atom. The van der Waals surface area contributed by atoms with Gasteiger partial charge in [-0.25, -0.2) is 4.79 Å². The van der Waals surface area contributed by atoms with Crippen LogP contribution < -0.4 is 0 Å². The minimum Gasteiger partial charge on any atom is -0.478 e. The summed E-state index contributed by atoms with van der Waals surface area (Å²) in [5, 5.41) is 13.5. The fourth-order valence-corrected chi connectivity index (χ4v) is 4.44. The number of carboxylic acids is 1. The van der Waals surface area contributed by atoms with Gasteiger partial charge < -0.3 is 9.84 Å². The number of ether oxygens (including phenoxy) is 1. The molecule has 1 aromatic heterocycles. The quantitative estimate of drug-likeness (QED) is 0.908. The Morgan fingerprint density at radius 1 is 1.55 bits per heavy atom. The third kappa shape index (κ3) is 2.59. The third-order valence-corrected chi connectivity index (χ3v) is 5.38. The van der Waals surface area contributed by atoms with Crippen molar-refractivity contribution in [3.05, 3.63) is 17.5 Å². The highest BCUT2D eigenvalue weighted by molar-refractivity contribution is 7.99. The molecular weight excluding hydrogens is 276 g/mol. The summed E-state index contributed by atoms with van der Waals surface area (Å²) in [6.07, 6.45) is 5.74. The normalized spacial score (nSPS) is 25.8. The molecule has 1 aromatic rings. The summed E-state index contributed by atoms with van der Waals surface area (Å²) in [5.74, 6) is 1.42. The highest BCUT2D eigenvalue weighted by Crippen LogP contribution is 2.41. The first kappa shape index (κ1) is 13.9. The minimum absolute atomic E-state index is 0.00257. The Morgan fingerprint density at radius 3 is 2.95 bits per heavy atom. The molecule has 0 bridgehead atoms. The zero-order valence-corrected chi connectivity index (χ0v) is 12.5. The summed E-state index contributed by atoms with van der Waals surface area (Å²) in [6, 6.07) is 0.263. The summed E-state index contributed by atoms with van der Waals surface area (Å²) in [7, 11) is 0. The summed E-state index contributed by atoms with van der Waals surface area (Å²) < 4.78 is 7.92. The maximum atomic E-state index is 11.1. The highest BCUT2D eigenvalue weighted by atomic mass is 32.2. The minimum atomic E-state index is -0.899. The number of aromatic carboxylic acids is 1. The van der Waals surface area contributed by atoms with Gasteiger partial charge in [0.1, 0.15) is 5.56 Å². The van der Waals surface area contributed by atoms with Gasteiger partial charge in [0, 0.05) is 12.8 Å². The van der Waals surface area contributed by atoms with E-state index in [4.69, 9.17) is 9.84 Å². The molecule has 110 valence electrons. The number of thioether (sulfide) groups is 1. The van der Waals surface area contributed by atoms with Crippen molar-refractivity contribution in [2.24, 2.45) is 0 Å². The monoisotopic (exact) mass is 296 g/mol. The summed E-state index contributed by atoms with van der Waals surface area (Å²) >= 11 is 1.99. The number of carbonyl (C=O) groups is 1. The van der Waals surface area contributed by atoms with E-state index in [1.807, 2.05) is 16.4 Å². The lowest BCUT2D eigenvalue weighted by Crippen LogP contribution is -2.43. The molecule has 1 spiro atoms. The molecule has 1 atom stereocenters. The molecule has 2 aliphatic rings. The van der Waals surface area contributed by atoms with Gasteiger partial charge >= 0.3 is 5.97 Å². The van der Waals surface area contributed by atoms with Crippen molar-refractivity contribution in [1.82, 2.24) is 9.78 Å². The van der Waals surface area contributed by atoms with Gasteiger partial charge in [-0.05, 0) is 44.1 Å². The van der Waals surface area contributed by atoms with E-state index in [1.54, 1.807) is 13.1 Å². The predicted octanol–water partition coefficient (Wildman–Crippen LogP) is 2.51. The van der Waals surface area contributed by atoms with Crippen LogP contribution in [0, 0.1) is 6.92 Å². The fraction of sp³-hybridized carbons (Fsp3) is 0.714. The molecular formula is C14H20N2O3S. The summed E-state index contributed by atoms with van der Waals surface area (Å²) in [4.78, 5) is 11.1. The molecule has 0 aromatic carbocycles. The molecule has 0 radical (unpaired) electrons. The van der Waals surface area contributed by atoms with Crippen LogP contribution in [0.1, 0.15) is 47.8 Å². The van der Waals surface area contributed by atoms with Crippen LogP contribution in [-0.4, -0.2) is 44.6 Å². The molecule has 1 unspecified atom stereocenters. The predicted molar refractivity (Wildman–Crippen MR) is 77.4 cm³/mol. The van der Waals surface area contributed by atoms with E-state index in [-0.39, 0.29) is 11.6 Å². The lowest BCUT2D eigenvalue weighted by atomic mass is 9.85. The van der Waals surface area contributed by atoms with Crippen molar-refractivity contribution in [3.63, 3.8) is 0 Å². The van der Waals surface area contributed by atoms with Crippen molar-refractivity contribution >= 4 is 17.7 Å². The largest absolute Gasteiger partial charge is 0.478 e. The average molecular weight is 296 g/mol. The molecule has 0 saturated carbocycles. The van der Waals surface area contributed by atoms with E-state index >= 15 is 0 Å². The first-order chi connectivity index (χ1) is 9.60. The highest BCUT2D eigenvalue weighted by Gasteiger charge is 2.39. The van der Waals surface area contributed by atoms with E-state index in [0.29, 0.717) is 11.3 Å². The summed E-state index contributed by atoms with van der Waals surface area (Å²) in [6.45, 7) is 2.50. The van der Waals surface area contributed by atoms with Crippen molar-refractivity contribution in [3.8, 4) is 0 Å². The van der Waals surface area contributed by atoms with Crippen LogP contribution >= 0.6 is 11.8 Å². The zero-order valence-electron chi connectivity index (χ0n) is 11.7. The Balaban J connectivity index is 1.79. The molecule has 0 aliphatic carbocycles. The van der Waals surface area contributed by atoms with Gasteiger partial charge in [-0.15, -0.1) is 0 Å². The number of nitrogens with zero attached hydrogens (tertiary/aromatic N) is 2. The maximum absolute atomic E-state index is 11.1. The van der Waals surface area contributed by atoms with Crippen LogP contribution in [-0.2, 0) is 4.74 Å². The topological polar surface area (TPSA) is 64.4 Å². The smallest absolute Gasteiger partial charge is 0.339 e. The van der Waals surface area contributed by atoms with Gasteiger partial charge in [0.2, 0.25) is 0 Å². The Labute approximate surface area is 122 Å². The van der Waals surface area contributed by atoms with Crippen LogP contribution in [0.5, 0.6) is 0 Å². The summed E-state index contributed by atoms with van der Waals surface area (Å²) in [5.41, 5.74) is 0.902. The zero-order chi connectivity index (χ0) is 14.2. The number of rotatable bonds is 2. The number of carboxylic acid groups (broad SMARTS) is 1. The molecule has 2 saturated heterocycles. The van der Waals surface area contributed by atoms with Gasteiger partial charge in [-0.3, -0.25) is 4.68 Å². The average Bonchev–Trinajstić information content (AvgIpc) is 2.82. The van der Waals surface area contributed by atoms with Crippen molar-refractivity contribution in [1.29, 1.82) is 0 Å². The van der Waals surface area contributed by atoms with Crippen LogP contribution in [0.3, 0.4) is 0 Å². The van der Waals surface area contributed by atoms with E-state index in [9.17, 15) is 4.79 Å². The lowest BCUT2D eigenvalue weighted by Gasteiger charge is -2.43. The lowest BCUT2D eigenvalue weighted by molar-refractivity contribution is -0.100. The fourth-order valence-electron chi connectivity index (χ4n) is 3.20. The van der Waals surface area contributed by atoms with Crippen LogP contribution in [0.4, 0.5) is 0 Å². The van der Waals surface area contributed by atoms with Crippen LogP contribution in [0.15, 0.2) is 6.20 Å². The first-order valence-corrected chi connectivity index (χ1v) is 8.26. The number of aryl methyl sites for hydroxylation is 1. The van der Waals surface area contributed by atoms with E-state index < -0.39 is 5.97 Å². The number of aromatic nitrogens is 2. The molecule has 6 heteroatoms. The van der Waals surface area contributed by atoms with Gasteiger partial charge in [-0.2, -0.15) is 16.9 Å². The Kier molecular flexibility index (Phi) is 3.77. The molecule has 0 amide bonds. The number of hydrogen-bond acceptors (Lipinski definition) is 4. The second-order valence-electron chi connectivity index (χ2n) is 5.70. The molecule has 20 heavy (non-hydrogen) atoms. The van der Waals surface area contributed by atoms with Crippen LogP contribution in [0.2, 0.25) is 0 Å². The third-order valence-electron chi connectivity index (χ3n) is 4.39. The van der Waals surface area contributed by atoms with E-state index in [1.165, 1.54) is 0 Å². The molecule has 3 rings (SSSR count). The van der Waals surface area contributed by atoms with Gasteiger partial charge in [0.05, 0.1) is 17.3 Å². The number of hydrogen-bond donors (Lipinski definition) is 1. The molecule has 3 heterocycles. The van der Waals surface area contributed by atoms with Crippen molar-refractivity contribution < 1.29 is 14.6 Å².